The lowest BCUT2D eigenvalue weighted by molar-refractivity contribution is -0.117. The Morgan fingerprint density at radius 2 is 1.70 bits per heavy atom. The van der Waals surface area contributed by atoms with E-state index in [1.54, 1.807) is 24.0 Å². The van der Waals surface area contributed by atoms with Crippen molar-refractivity contribution in [3.05, 3.63) is 65.0 Å². The molecule has 2 aromatic carbocycles. The van der Waals surface area contributed by atoms with Crippen LogP contribution in [-0.2, 0) is 10.2 Å². The molecule has 1 aliphatic heterocycles. The number of hydrogen-bond donors (Lipinski definition) is 1. The molecule has 0 spiro atoms. The fourth-order valence-electron chi connectivity index (χ4n) is 3.66. The number of anilines is 1. The Bertz CT molecular complexity index is 928. The van der Waals surface area contributed by atoms with Crippen LogP contribution in [0.4, 0.5) is 10.1 Å². The van der Waals surface area contributed by atoms with Crippen LogP contribution < -0.4 is 5.32 Å². The molecule has 5 nitrogen and oxygen atoms in total. The second-order valence-electron chi connectivity index (χ2n) is 8.88. The molecule has 2 amide bonds. The van der Waals surface area contributed by atoms with Gasteiger partial charge in [0, 0.05) is 37.4 Å². The number of carbonyl (C=O) groups excluding carboxylic acids is 2. The standard InChI is InChI=1S/C24H30FN3O2/c1-17-9-10-18(15-20(17)25)23(30)28-13-11-27(12-14-28)16-22(29)26-21-8-6-5-7-19(21)24(2,3)4/h5-10,15H,11-14,16H2,1-4H3,(H,26,29). The smallest absolute Gasteiger partial charge is 0.254 e. The lowest BCUT2D eigenvalue weighted by Gasteiger charge is -2.34. The molecule has 1 saturated heterocycles. The first-order valence-electron chi connectivity index (χ1n) is 10.3. The Balaban J connectivity index is 1.54. The summed E-state index contributed by atoms with van der Waals surface area (Å²) >= 11 is 0. The SMILES string of the molecule is Cc1ccc(C(=O)N2CCN(CC(=O)Nc3ccccc3C(C)(C)C)CC2)cc1F. The van der Waals surface area contributed by atoms with Crippen LogP contribution in [0, 0.1) is 12.7 Å². The van der Waals surface area contributed by atoms with E-state index in [9.17, 15) is 14.0 Å². The van der Waals surface area contributed by atoms with E-state index in [1.807, 2.05) is 29.2 Å². The fourth-order valence-corrected chi connectivity index (χ4v) is 3.66. The molecule has 1 heterocycles. The molecule has 0 saturated carbocycles. The number of piperazine rings is 1. The molecule has 1 N–H and O–H groups in total. The molecule has 0 aliphatic carbocycles. The molecule has 30 heavy (non-hydrogen) atoms. The monoisotopic (exact) mass is 411 g/mol. The first-order chi connectivity index (χ1) is 14.1. The second-order valence-corrected chi connectivity index (χ2v) is 8.88. The van der Waals surface area contributed by atoms with Crippen LogP contribution in [0.15, 0.2) is 42.5 Å². The summed E-state index contributed by atoms with van der Waals surface area (Å²) in [7, 11) is 0. The van der Waals surface area contributed by atoms with Gasteiger partial charge in [0.2, 0.25) is 5.91 Å². The number of nitrogens with zero attached hydrogens (tertiary/aromatic N) is 2. The van der Waals surface area contributed by atoms with Crippen molar-refractivity contribution in [1.82, 2.24) is 9.80 Å². The van der Waals surface area contributed by atoms with Crippen molar-refractivity contribution in [2.75, 3.05) is 38.0 Å². The zero-order chi connectivity index (χ0) is 21.9. The molecule has 1 fully saturated rings. The lowest BCUT2D eigenvalue weighted by atomic mass is 9.86. The van der Waals surface area contributed by atoms with Gasteiger partial charge in [-0.15, -0.1) is 0 Å². The molecule has 2 aromatic rings. The Labute approximate surface area is 177 Å². The third-order valence-corrected chi connectivity index (χ3v) is 5.45. The largest absolute Gasteiger partial charge is 0.336 e. The number of hydrogen-bond acceptors (Lipinski definition) is 3. The van der Waals surface area contributed by atoms with Crippen LogP contribution in [0.1, 0.15) is 42.3 Å². The normalized spacial score (nSPS) is 15.2. The summed E-state index contributed by atoms with van der Waals surface area (Å²) in [6.45, 7) is 10.5. The predicted molar refractivity (Wildman–Crippen MR) is 117 cm³/mol. The topological polar surface area (TPSA) is 52.7 Å². The van der Waals surface area contributed by atoms with Crippen molar-refractivity contribution in [2.24, 2.45) is 0 Å². The van der Waals surface area contributed by atoms with Crippen LogP contribution in [0.3, 0.4) is 0 Å². The minimum atomic E-state index is -0.369. The molecule has 0 bridgehead atoms. The van der Waals surface area contributed by atoms with Gasteiger partial charge in [0.05, 0.1) is 6.54 Å². The van der Waals surface area contributed by atoms with E-state index in [1.165, 1.54) is 6.07 Å². The molecular formula is C24H30FN3O2. The van der Waals surface area contributed by atoms with E-state index < -0.39 is 0 Å². The molecule has 0 atom stereocenters. The Morgan fingerprint density at radius 1 is 1.03 bits per heavy atom. The summed E-state index contributed by atoms with van der Waals surface area (Å²) in [4.78, 5) is 29.0. The van der Waals surface area contributed by atoms with Gasteiger partial charge in [-0.25, -0.2) is 4.39 Å². The molecule has 6 heteroatoms. The van der Waals surface area contributed by atoms with E-state index in [0.717, 1.165) is 11.3 Å². The Morgan fingerprint density at radius 3 is 2.33 bits per heavy atom. The van der Waals surface area contributed by atoms with Crippen LogP contribution in [-0.4, -0.2) is 54.3 Å². The maximum atomic E-state index is 13.8. The van der Waals surface area contributed by atoms with E-state index in [4.69, 9.17) is 0 Å². The van der Waals surface area contributed by atoms with Crippen LogP contribution in [0.2, 0.25) is 0 Å². The molecule has 0 unspecified atom stereocenters. The summed E-state index contributed by atoms with van der Waals surface area (Å²) in [6, 6.07) is 12.4. The van der Waals surface area contributed by atoms with Gasteiger partial charge in [-0.3, -0.25) is 14.5 Å². The average Bonchev–Trinajstić information content (AvgIpc) is 2.69. The molecule has 160 valence electrons. The highest BCUT2D eigenvalue weighted by Crippen LogP contribution is 2.29. The van der Waals surface area contributed by atoms with Gasteiger partial charge in [0.25, 0.3) is 5.91 Å². The van der Waals surface area contributed by atoms with Gasteiger partial charge in [0.1, 0.15) is 5.82 Å². The minimum absolute atomic E-state index is 0.0629. The van der Waals surface area contributed by atoms with Gasteiger partial charge < -0.3 is 10.2 Å². The summed E-state index contributed by atoms with van der Waals surface area (Å²) in [6.07, 6.45) is 0. The first kappa shape index (κ1) is 22.0. The number of halogens is 1. The van der Waals surface area contributed by atoms with Crippen molar-refractivity contribution < 1.29 is 14.0 Å². The number of para-hydroxylation sites is 1. The highest BCUT2D eigenvalue weighted by atomic mass is 19.1. The van der Waals surface area contributed by atoms with Crippen LogP contribution in [0.25, 0.3) is 0 Å². The van der Waals surface area contributed by atoms with Crippen molar-refractivity contribution in [2.45, 2.75) is 33.1 Å². The van der Waals surface area contributed by atoms with E-state index in [2.05, 4.69) is 26.1 Å². The summed E-state index contributed by atoms with van der Waals surface area (Å²) in [5.41, 5.74) is 2.76. The minimum Gasteiger partial charge on any atom is -0.336 e. The highest BCUT2D eigenvalue weighted by molar-refractivity contribution is 5.95. The van der Waals surface area contributed by atoms with E-state index in [-0.39, 0.29) is 29.6 Å². The molecule has 1 aliphatic rings. The van der Waals surface area contributed by atoms with Crippen molar-refractivity contribution >= 4 is 17.5 Å². The van der Waals surface area contributed by atoms with Crippen molar-refractivity contribution in [3.63, 3.8) is 0 Å². The molecule has 0 radical (unpaired) electrons. The van der Waals surface area contributed by atoms with Gasteiger partial charge in [-0.1, -0.05) is 45.0 Å². The number of aryl methyl sites for hydroxylation is 1. The number of amides is 2. The van der Waals surface area contributed by atoms with Gasteiger partial charge in [0.15, 0.2) is 0 Å². The fraction of sp³-hybridized carbons (Fsp3) is 0.417. The maximum absolute atomic E-state index is 13.8. The lowest BCUT2D eigenvalue weighted by Crippen LogP contribution is -2.50. The predicted octanol–water partition coefficient (Wildman–Crippen LogP) is 3.83. The third kappa shape index (κ3) is 5.25. The van der Waals surface area contributed by atoms with Gasteiger partial charge in [-0.2, -0.15) is 0 Å². The Hall–Kier alpha value is -2.73. The quantitative estimate of drug-likeness (QED) is 0.832. The van der Waals surface area contributed by atoms with Gasteiger partial charge in [-0.05, 0) is 41.7 Å². The third-order valence-electron chi connectivity index (χ3n) is 5.45. The molecule has 0 aromatic heterocycles. The highest BCUT2D eigenvalue weighted by Gasteiger charge is 2.24. The maximum Gasteiger partial charge on any atom is 0.254 e. The first-order valence-corrected chi connectivity index (χ1v) is 10.3. The number of nitrogens with one attached hydrogen (secondary N) is 1. The number of rotatable bonds is 4. The second kappa shape index (κ2) is 8.96. The average molecular weight is 412 g/mol. The zero-order valence-corrected chi connectivity index (χ0v) is 18.2. The number of benzene rings is 2. The summed E-state index contributed by atoms with van der Waals surface area (Å²) in [5, 5.41) is 3.03. The van der Waals surface area contributed by atoms with Crippen molar-refractivity contribution in [1.29, 1.82) is 0 Å². The summed E-state index contributed by atoms with van der Waals surface area (Å²) in [5.74, 6) is -0.601. The zero-order valence-electron chi connectivity index (χ0n) is 18.2. The summed E-state index contributed by atoms with van der Waals surface area (Å²) < 4.78 is 13.8. The van der Waals surface area contributed by atoms with Gasteiger partial charge >= 0.3 is 0 Å². The number of carbonyl (C=O) groups is 2. The molecular weight excluding hydrogens is 381 g/mol. The van der Waals surface area contributed by atoms with E-state index >= 15 is 0 Å². The van der Waals surface area contributed by atoms with Crippen LogP contribution in [0.5, 0.6) is 0 Å². The van der Waals surface area contributed by atoms with Crippen LogP contribution >= 0.6 is 0 Å². The Kier molecular flexibility index (Phi) is 6.56. The van der Waals surface area contributed by atoms with E-state index in [0.29, 0.717) is 37.3 Å². The van der Waals surface area contributed by atoms with Crippen molar-refractivity contribution in [3.8, 4) is 0 Å². The molecule has 3 rings (SSSR count).